The molecule has 0 unspecified atom stereocenters. The van der Waals surface area contributed by atoms with Gasteiger partial charge < -0.3 is 4.98 Å². The maximum absolute atomic E-state index is 12.3. The van der Waals surface area contributed by atoms with Crippen LogP contribution in [0.2, 0.25) is 0 Å². The Morgan fingerprint density at radius 1 is 1.43 bits per heavy atom. The van der Waals surface area contributed by atoms with Crippen molar-refractivity contribution in [2.45, 2.75) is 33.6 Å². The van der Waals surface area contributed by atoms with E-state index in [2.05, 4.69) is 29.1 Å². The summed E-state index contributed by atoms with van der Waals surface area (Å²) in [5, 5.41) is 3.30. The lowest BCUT2D eigenvalue weighted by atomic mass is 9.75. The van der Waals surface area contributed by atoms with Crippen LogP contribution in [-0.2, 0) is 6.42 Å². The number of rotatable bonds is 2. The molecule has 1 amide bonds. The number of aromatic nitrogens is 2. The molecule has 6 heteroatoms. The molecule has 0 spiro atoms. The van der Waals surface area contributed by atoms with Crippen molar-refractivity contribution >= 4 is 28.2 Å². The molecule has 3 rings (SSSR count). The lowest BCUT2D eigenvalue weighted by Gasteiger charge is -2.28. The molecular formula is C15H17N3O2S. The third-order valence-electron chi connectivity index (χ3n) is 3.62. The number of H-pyrrole nitrogens is 1. The smallest absolute Gasteiger partial charge is 0.259 e. The second kappa shape index (κ2) is 4.80. The van der Waals surface area contributed by atoms with Crippen molar-refractivity contribution in [3.8, 4) is 0 Å². The third kappa shape index (κ3) is 2.63. The summed E-state index contributed by atoms with van der Waals surface area (Å²) >= 11 is 1.41. The van der Waals surface area contributed by atoms with E-state index in [1.807, 2.05) is 6.92 Å². The standard InChI is InChI=1S/C15H17N3O2S/c1-8-6-17-14(21-8)18-13(20)9-7-16-10-4-15(2,3)5-11(19)12(9)10/h6-7,16H,4-5H2,1-3H3,(H,17,18,20). The van der Waals surface area contributed by atoms with Gasteiger partial charge in [-0.25, -0.2) is 4.98 Å². The molecule has 2 aromatic heterocycles. The monoisotopic (exact) mass is 303 g/mol. The Morgan fingerprint density at radius 2 is 2.19 bits per heavy atom. The van der Waals surface area contributed by atoms with E-state index in [9.17, 15) is 9.59 Å². The SMILES string of the molecule is Cc1cnc(NC(=O)c2c[nH]c3c2C(=O)CC(C)(C)C3)s1. The van der Waals surface area contributed by atoms with E-state index in [1.165, 1.54) is 11.3 Å². The predicted molar refractivity (Wildman–Crippen MR) is 82.0 cm³/mol. The third-order valence-corrected chi connectivity index (χ3v) is 4.45. The Labute approximate surface area is 126 Å². The number of nitrogens with one attached hydrogen (secondary N) is 2. The first kappa shape index (κ1) is 14.0. The minimum Gasteiger partial charge on any atom is -0.364 e. The molecule has 0 saturated carbocycles. The number of hydrogen-bond acceptors (Lipinski definition) is 4. The largest absolute Gasteiger partial charge is 0.364 e. The summed E-state index contributed by atoms with van der Waals surface area (Å²) < 4.78 is 0. The van der Waals surface area contributed by atoms with E-state index in [-0.39, 0.29) is 17.1 Å². The molecule has 21 heavy (non-hydrogen) atoms. The van der Waals surface area contributed by atoms with Crippen LogP contribution < -0.4 is 5.32 Å². The topological polar surface area (TPSA) is 74.8 Å². The van der Waals surface area contributed by atoms with Crippen molar-refractivity contribution in [3.05, 3.63) is 34.1 Å². The molecule has 0 saturated heterocycles. The van der Waals surface area contributed by atoms with Gasteiger partial charge in [0, 0.05) is 29.4 Å². The van der Waals surface area contributed by atoms with E-state index >= 15 is 0 Å². The number of Topliss-reactive ketones (excluding diaryl/α,β-unsaturated/α-hetero) is 1. The van der Waals surface area contributed by atoms with Gasteiger partial charge in [0.15, 0.2) is 10.9 Å². The summed E-state index contributed by atoms with van der Waals surface area (Å²) in [7, 11) is 0. The van der Waals surface area contributed by atoms with Crippen LogP contribution in [0.5, 0.6) is 0 Å². The summed E-state index contributed by atoms with van der Waals surface area (Å²) in [6.07, 6.45) is 4.58. The lowest BCUT2D eigenvalue weighted by Crippen LogP contribution is -2.28. The number of fused-ring (bicyclic) bond motifs is 1. The Kier molecular flexibility index (Phi) is 3.20. The number of carbonyl (C=O) groups is 2. The number of ketones is 1. The number of nitrogens with zero attached hydrogens (tertiary/aromatic N) is 1. The van der Waals surface area contributed by atoms with E-state index in [1.54, 1.807) is 12.4 Å². The van der Waals surface area contributed by atoms with E-state index < -0.39 is 0 Å². The normalized spacial score (nSPS) is 16.6. The number of aryl methyl sites for hydroxylation is 1. The highest BCUT2D eigenvalue weighted by Crippen LogP contribution is 2.35. The molecule has 1 aliphatic carbocycles. The Balaban J connectivity index is 1.89. The van der Waals surface area contributed by atoms with Crippen molar-refractivity contribution in [1.82, 2.24) is 9.97 Å². The molecule has 2 aromatic rings. The van der Waals surface area contributed by atoms with Gasteiger partial charge in [-0.1, -0.05) is 13.8 Å². The number of thiazole rings is 1. The highest BCUT2D eigenvalue weighted by molar-refractivity contribution is 7.15. The molecular weight excluding hydrogens is 286 g/mol. The molecule has 0 bridgehead atoms. The van der Waals surface area contributed by atoms with Gasteiger partial charge in [0.2, 0.25) is 0 Å². The average molecular weight is 303 g/mol. The van der Waals surface area contributed by atoms with Gasteiger partial charge in [-0.2, -0.15) is 0 Å². The molecule has 110 valence electrons. The fourth-order valence-electron chi connectivity index (χ4n) is 2.74. The van der Waals surface area contributed by atoms with Gasteiger partial charge in [0.25, 0.3) is 5.91 Å². The van der Waals surface area contributed by atoms with Crippen LogP contribution >= 0.6 is 11.3 Å². The quantitative estimate of drug-likeness (QED) is 0.894. The Hall–Kier alpha value is -1.95. The van der Waals surface area contributed by atoms with Crippen molar-refractivity contribution in [1.29, 1.82) is 0 Å². The maximum atomic E-state index is 12.3. The first-order valence-corrected chi connectivity index (χ1v) is 7.65. The van der Waals surface area contributed by atoms with Crippen LogP contribution in [-0.4, -0.2) is 21.7 Å². The Bertz CT molecular complexity index is 727. The molecule has 5 nitrogen and oxygen atoms in total. The molecule has 0 aromatic carbocycles. The molecule has 0 radical (unpaired) electrons. The second-order valence-electron chi connectivity index (χ2n) is 6.23. The fourth-order valence-corrected chi connectivity index (χ4v) is 3.40. The van der Waals surface area contributed by atoms with Crippen molar-refractivity contribution in [2.24, 2.45) is 5.41 Å². The van der Waals surface area contributed by atoms with E-state index in [0.29, 0.717) is 22.7 Å². The van der Waals surface area contributed by atoms with Gasteiger partial charge in [-0.05, 0) is 18.8 Å². The number of hydrogen-bond donors (Lipinski definition) is 2. The number of amides is 1. The first-order chi connectivity index (χ1) is 9.85. The average Bonchev–Trinajstić information content (AvgIpc) is 2.94. The van der Waals surface area contributed by atoms with E-state index in [0.717, 1.165) is 17.0 Å². The van der Waals surface area contributed by atoms with Gasteiger partial charge in [-0.3, -0.25) is 14.9 Å². The van der Waals surface area contributed by atoms with Crippen LogP contribution in [0.1, 0.15) is 51.6 Å². The van der Waals surface area contributed by atoms with Crippen LogP contribution in [0.15, 0.2) is 12.4 Å². The lowest BCUT2D eigenvalue weighted by molar-refractivity contribution is 0.0902. The summed E-state index contributed by atoms with van der Waals surface area (Å²) in [6.45, 7) is 6.05. The molecule has 2 heterocycles. The van der Waals surface area contributed by atoms with Crippen molar-refractivity contribution in [3.63, 3.8) is 0 Å². The minimum atomic E-state index is -0.282. The first-order valence-electron chi connectivity index (χ1n) is 6.83. The van der Waals surface area contributed by atoms with Crippen LogP contribution in [0.3, 0.4) is 0 Å². The zero-order chi connectivity index (χ0) is 15.2. The zero-order valence-corrected chi connectivity index (χ0v) is 13.1. The molecule has 2 N–H and O–H groups in total. The predicted octanol–water partition coefficient (Wildman–Crippen LogP) is 3.19. The van der Waals surface area contributed by atoms with Crippen LogP contribution in [0.4, 0.5) is 5.13 Å². The minimum absolute atomic E-state index is 0.0305. The molecule has 0 fully saturated rings. The van der Waals surface area contributed by atoms with Gasteiger partial charge >= 0.3 is 0 Å². The van der Waals surface area contributed by atoms with Crippen molar-refractivity contribution in [2.75, 3.05) is 5.32 Å². The summed E-state index contributed by atoms with van der Waals surface area (Å²) in [6, 6.07) is 0. The highest BCUT2D eigenvalue weighted by atomic mass is 32.1. The summed E-state index contributed by atoms with van der Waals surface area (Å²) in [5.41, 5.74) is 1.75. The summed E-state index contributed by atoms with van der Waals surface area (Å²) in [5.74, 6) is -0.252. The Morgan fingerprint density at radius 3 is 2.86 bits per heavy atom. The van der Waals surface area contributed by atoms with Crippen LogP contribution in [0, 0.1) is 12.3 Å². The summed E-state index contributed by atoms with van der Waals surface area (Å²) in [4.78, 5) is 32.9. The van der Waals surface area contributed by atoms with E-state index in [4.69, 9.17) is 0 Å². The van der Waals surface area contributed by atoms with Gasteiger partial charge in [0.05, 0.1) is 11.1 Å². The molecule has 1 aliphatic rings. The fraction of sp³-hybridized carbons (Fsp3) is 0.400. The maximum Gasteiger partial charge on any atom is 0.259 e. The van der Waals surface area contributed by atoms with Gasteiger partial charge in [-0.15, -0.1) is 11.3 Å². The molecule has 0 atom stereocenters. The zero-order valence-electron chi connectivity index (χ0n) is 12.2. The molecule has 0 aliphatic heterocycles. The number of anilines is 1. The van der Waals surface area contributed by atoms with Crippen LogP contribution in [0.25, 0.3) is 0 Å². The van der Waals surface area contributed by atoms with Crippen molar-refractivity contribution < 1.29 is 9.59 Å². The second-order valence-corrected chi connectivity index (χ2v) is 7.46. The highest BCUT2D eigenvalue weighted by Gasteiger charge is 2.35. The number of aromatic amines is 1. The number of carbonyl (C=O) groups excluding carboxylic acids is 2. The van der Waals surface area contributed by atoms with Gasteiger partial charge in [0.1, 0.15) is 0 Å².